The second-order valence-corrected chi connectivity index (χ2v) is 7.68. The van der Waals surface area contributed by atoms with Gasteiger partial charge in [0.05, 0.1) is 25.2 Å². The van der Waals surface area contributed by atoms with Gasteiger partial charge in [-0.05, 0) is 28.5 Å². The van der Waals surface area contributed by atoms with Crippen LogP contribution in [0.15, 0.2) is 69.9 Å². The van der Waals surface area contributed by atoms with E-state index in [1.165, 1.54) is 26.4 Å². The van der Waals surface area contributed by atoms with E-state index >= 15 is 0 Å². The fourth-order valence-electron chi connectivity index (χ4n) is 3.76. The molecule has 1 unspecified atom stereocenters. The highest BCUT2D eigenvalue weighted by Crippen LogP contribution is 2.35. The molecule has 3 aromatic carbocycles. The first-order chi connectivity index (χ1) is 15.4. The van der Waals surface area contributed by atoms with Crippen LogP contribution in [0.5, 0.6) is 5.75 Å². The number of ether oxygens (including phenoxy) is 2. The number of halogens is 1. The van der Waals surface area contributed by atoms with Gasteiger partial charge >= 0.3 is 11.6 Å². The molecular weight excluding hydrogens is 432 g/mol. The molecule has 7 heteroatoms. The Morgan fingerprint density at radius 2 is 1.75 bits per heavy atom. The number of ketones is 1. The number of rotatable bonds is 6. The topological polar surface area (TPSA) is 82.8 Å². The SMILES string of the molecule is COC(=O)C(CC(=O)c1ccc2ccccc2c1)c1cc(=O)oc2cc(OC)c(Cl)cc12. The maximum Gasteiger partial charge on any atom is 0.336 e. The lowest BCUT2D eigenvalue weighted by atomic mass is 9.89. The third-order valence-electron chi connectivity index (χ3n) is 5.37. The first kappa shape index (κ1) is 21.6. The number of carbonyl (C=O) groups excluding carboxylic acids is 2. The maximum atomic E-state index is 13.1. The first-order valence-electron chi connectivity index (χ1n) is 9.82. The summed E-state index contributed by atoms with van der Waals surface area (Å²) in [6.45, 7) is 0. The minimum Gasteiger partial charge on any atom is -0.495 e. The summed E-state index contributed by atoms with van der Waals surface area (Å²) in [6, 6.07) is 17.2. The molecule has 162 valence electrons. The summed E-state index contributed by atoms with van der Waals surface area (Å²) >= 11 is 6.26. The highest BCUT2D eigenvalue weighted by molar-refractivity contribution is 6.32. The number of methoxy groups -OCH3 is 2. The average molecular weight is 451 g/mol. The Balaban J connectivity index is 1.79. The molecule has 1 aromatic heterocycles. The van der Waals surface area contributed by atoms with Crippen molar-refractivity contribution < 1.29 is 23.5 Å². The summed E-state index contributed by atoms with van der Waals surface area (Å²) in [6.07, 6.45) is -0.187. The number of fused-ring (bicyclic) bond motifs is 2. The van der Waals surface area contributed by atoms with Gasteiger partial charge in [0.25, 0.3) is 0 Å². The minimum absolute atomic E-state index is 0.187. The van der Waals surface area contributed by atoms with E-state index in [1.807, 2.05) is 30.3 Å². The Hall–Kier alpha value is -3.64. The van der Waals surface area contributed by atoms with Crippen molar-refractivity contribution in [3.05, 3.63) is 87.2 Å². The Morgan fingerprint density at radius 1 is 1.00 bits per heavy atom. The van der Waals surface area contributed by atoms with Gasteiger partial charge in [-0.15, -0.1) is 0 Å². The zero-order chi connectivity index (χ0) is 22.8. The van der Waals surface area contributed by atoms with E-state index in [9.17, 15) is 14.4 Å². The molecule has 0 radical (unpaired) electrons. The van der Waals surface area contributed by atoms with Crippen molar-refractivity contribution >= 4 is 45.1 Å². The van der Waals surface area contributed by atoms with Crippen molar-refractivity contribution in [3.8, 4) is 5.75 Å². The van der Waals surface area contributed by atoms with E-state index in [4.69, 9.17) is 25.5 Å². The highest BCUT2D eigenvalue weighted by Gasteiger charge is 2.28. The molecule has 4 aromatic rings. The smallest absolute Gasteiger partial charge is 0.336 e. The van der Waals surface area contributed by atoms with Crippen LogP contribution in [0, 0.1) is 0 Å². The largest absolute Gasteiger partial charge is 0.495 e. The van der Waals surface area contributed by atoms with Crippen LogP contribution in [-0.2, 0) is 9.53 Å². The molecule has 1 heterocycles. The Morgan fingerprint density at radius 3 is 2.47 bits per heavy atom. The summed E-state index contributed by atoms with van der Waals surface area (Å²) in [4.78, 5) is 38.0. The van der Waals surface area contributed by atoms with Gasteiger partial charge in [-0.2, -0.15) is 0 Å². The van der Waals surface area contributed by atoms with E-state index in [-0.39, 0.29) is 22.8 Å². The van der Waals surface area contributed by atoms with Gasteiger partial charge in [-0.25, -0.2) is 4.79 Å². The molecule has 0 aliphatic rings. The number of hydrogen-bond donors (Lipinski definition) is 0. The van der Waals surface area contributed by atoms with Gasteiger partial charge in [0.2, 0.25) is 0 Å². The fraction of sp³-hybridized carbons (Fsp3) is 0.160. The summed E-state index contributed by atoms with van der Waals surface area (Å²) in [5, 5.41) is 2.62. The number of carbonyl (C=O) groups is 2. The lowest BCUT2D eigenvalue weighted by Gasteiger charge is -2.17. The second kappa shape index (κ2) is 8.85. The predicted octanol–water partition coefficient (Wildman–Crippen LogP) is 5.14. The van der Waals surface area contributed by atoms with E-state index in [2.05, 4.69) is 0 Å². The molecule has 0 saturated carbocycles. The third-order valence-corrected chi connectivity index (χ3v) is 5.67. The molecule has 0 fully saturated rings. The molecule has 1 atom stereocenters. The molecule has 32 heavy (non-hydrogen) atoms. The van der Waals surface area contributed by atoms with Crippen LogP contribution in [0.2, 0.25) is 5.02 Å². The molecule has 6 nitrogen and oxygen atoms in total. The average Bonchev–Trinajstić information content (AvgIpc) is 2.81. The molecule has 0 amide bonds. The predicted molar refractivity (Wildman–Crippen MR) is 122 cm³/mol. The number of esters is 1. The van der Waals surface area contributed by atoms with Crippen molar-refractivity contribution in [2.75, 3.05) is 14.2 Å². The zero-order valence-corrected chi connectivity index (χ0v) is 18.1. The number of hydrogen-bond acceptors (Lipinski definition) is 6. The van der Waals surface area contributed by atoms with E-state index in [0.29, 0.717) is 22.3 Å². The fourth-order valence-corrected chi connectivity index (χ4v) is 4.00. The standard InChI is InChI=1S/C25H19ClO6/c1-30-23-13-22-18(10-20(23)26)17(12-24(28)32-22)19(25(29)31-2)11-21(27)16-8-7-14-5-3-4-6-15(14)9-16/h3-10,12-13,19H,11H2,1-2H3. The van der Waals surface area contributed by atoms with Crippen LogP contribution in [0.4, 0.5) is 0 Å². The van der Waals surface area contributed by atoms with Crippen molar-refractivity contribution in [3.63, 3.8) is 0 Å². The molecule has 0 spiro atoms. The van der Waals surface area contributed by atoms with Crippen LogP contribution in [-0.4, -0.2) is 26.0 Å². The van der Waals surface area contributed by atoms with Gasteiger partial charge in [0.1, 0.15) is 11.3 Å². The Labute approximate surface area is 188 Å². The van der Waals surface area contributed by atoms with Crippen LogP contribution in [0.3, 0.4) is 0 Å². The zero-order valence-electron chi connectivity index (χ0n) is 17.4. The second-order valence-electron chi connectivity index (χ2n) is 7.27. The summed E-state index contributed by atoms with van der Waals surface area (Å²) in [5.74, 6) is -1.60. The molecule has 4 rings (SSSR count). The van der Waals surface area contributed by atoms with Gasteiger partial charge in [0.15, 0.2) is 5.78 Å². The van der Waals surface area contributed by atoms with Crippen LogP contribution >= 0.6 is 11.6 Å². The molecule has 0 bridgehead atoms. The lowest BCUT2D eigenvalue weighted by Crippen LogP contribution is -2.20. The summed E-state index contributed by atoms with van der Waals surface area (Å²) in [7, 11) is 2.67. The molecule has 0 N–H and O–H groups in total. The van der Waals surface area contributed by atoms with E-state index < -0.39 is 17.5 Å². The van der Waals surface area contributed by atoms with Gasteiger partial charge in [-0.1, -0.05) is 48.0 Å². The third kappa shape index (κ3) is 4.09. The van der Waals surface area contributed by atoms with Crippen molar-refractivity contribution in [2.24, 2.45) is 0 Å². The maximum absolute atomic E-state index is 13.1. The van der Waals surface area contributed by atoms with Gasteiger partial charge < -0.3 is 13.9 Å². The number of benzene rings is 3. The van der Waals surface area contributed by atoms with Crippen LogP contribution in [0.1, 0.15) is 28.3 Å². The Bertz CT molecular complexity index is 1400. The summed E-state index contributed by atoms with van der Waals surface area (Å²) in [5.41, 5.74) is 0.302. The minimum atomic E-state index is -1.02. The van der Waals surface area contributed by atoms with E-state index in [1.54, 1.807) is 18.2 Å². The monoisotopic (exact) mass is 450 g/mol. The Kier molecular flexibility index (Phi) is 5.97. The molecule has 0 aliphatic heterocycles. The quantitative estimate of drug-likeness (QED) is 0.230. The molecular formula is C25H19ClO6. The first-order valence-corrected chi connectivity index (χ1v) is 10.2. The number of Topliss-reactive ketones (excluding diaryl/α,β-unsaturated/α-hetero) is 1. The van der Waals surface area contributed by atoms with Gasteiger partial charge in [-0.3, -0.25) is 9.59 Å². The molecule has 0 saturated heterocycles. The van der Waals surface area contributed by atoms with Crippen molar-refractivity contribution in [1.29, 1.82) is 0 Å². The normalized spacial score (nSPS) is 12.0. The van der Waals surface area contributed by atoms with Crippen LogP contribution in [0.25, 0.3) is 21.7 Å². The van der Waals surface area contributed by atoms with Crippen molar-refractivity contribution in [1.82, 2.24) is 0 Å². The van der Waals surface area contributed by atoms with Crippen LogP contribution < -0.4 is 10.4 Å². The molecule has 0 aliphatic carbocycles. The lowest BCUT2D eigenvalue weighted by molar-refractivity contribution is -0.142. The summed E-state index contributed by atoms with van der Waals surface area (Å²) < 4.78 is 15.4. The van der Waals surface area contributed by atoms with Crippen molar-refractivity contribution in [2.45, 2.75) is 12.3 Å². The van der Waals surface area contributed by atoms with Gasteiger partial charge in [0, 0.05) is 29.5 Å². The highest BCUT2D eigenvalue weighted by atomic mass is 35.5. The van der Waals surface area contributed by atoms with E-state index in [0.717, 1.165) is 10.8 Å².